The third kappa shape index (κ3) is 2.94. The zero-order valence-electron chi connectivity index (χ0n) is 12.8. The van der Waals surface area contributed by atoms with Gasteiger partial charge in [0.15, 0.2) is 11.5 Å². The van der Waals surface area contributed by atoms with Crippen LogP contribution in [0.25, 0.3) is 11.3 Å². The highest BCUT2D eigenvalue weighted by atomic mass is 16.6. The molecule has 5 nitrogen and oxygen atoms in total. The van der Waals surface area contributed by atoms with Crippen LogP contribution in [0, 0.1) is 6.92 Å². The summed E-state index contributed by atoms with van der Waals surface area (Å²) in [4.78, 5) is 12.6. The quantitative estimate of drug-likeness (QED) is 0.540. The highest BCUT2D eigenvalue weighted by Crippen LogP contribution is 2.30. The van der Waals surface area contributed by atoms with E-state index in [9.17, 15) is 4.79 Å². The van der Waals surface area contributed by atoms with E-state index in [1.165, 1.54) is 7.11 Å². The number of carbonyl (C=O) groups is 1. The number of nitrogens with zero attached hydrogens (tertiary/aromatic N) is 1. The summed E-state index contributed by atoms with van der Waals surface area (Å²) in [5.41, 5.74) is 1.56. The Hall–Kier alpha value is -3.08. The van der Waals surface area contributed by atoms with E-state index in [1.54, 1.807) is 31.2 Å². The first kappa shape index (κ1) is 14.8. The van der Waals surface area contributed by atoms with E-state index < -0.39 is 5.97 Å². The van der Waals surface area contributed by atoms with E-state index >= 15 is 0 Å². The number of hydrogen-bond acceptors (Lipinski definition) is 5. The lowest BCUT2D eigenvalue weighted by Gasteiger charge is -2.08. The Morgan fingerprint density at radius 3 is 2.35 bits per heavy atom. The van der Waals surface area contributed by atoms with Gasteiger partial charge >= 0.3 is 5.97 Å². The van der Waals surface area contributed by atoms with Gasteiger partial charge in [0, 0.05) is 5.56 Å². The van der Waals surface area contributed by atoms with Crippen LogP contribution in [-0.4, -0.2) is 18.2 Å². The molecule has 0 amide bonds. The molecule has 3 aromatic rings. The summed E-state index contributed by atoms with van der Waals surface area (Å²) in [5.74, 6) is 0.701. The lowest BCUT2D eigenvalue weighted by molar-refractivity contribution is 0.0728. The Morgan fingerprint density at radius 2 is 1.65 bits per heavy atom. The lowest BCUT2D eigenvalue weighted by Crippen LogP contribution is -2.11. The van der Waals surface area contributed by atoms with E-state index in [2.05, 4.69) is 5.16 Å². The fraction of sp³-hybridized carbons (Fsp3) is 0.111. The largest absolute Gasteiger partial charge is 0.493 e. The Balaban J connectivity index is 1.96. The maximum Gasteiger partial charge on any atom is 0.349 e. The van der Waals surface area contributed by atoms with Crippen molar-refractivity contribution in [3.8, 4) is 22.8 Å². The predicted molar refractivity (Wildman–Crippen MR) is 84.6 cm³/mol. The van der Waals surface area contributed by atoms with Crippen LogP contribution in [0.15, 0.2) is 59.1 Å². The molecule has 5 heteroatoms. The van der Waals surface area contributed by atoms with Crippen molar-refractivity contribution in [1.82, 2.24) is 5.16 Å². The first-order valence-electron chi connectivity index (χ1n) is 7.07. The molecular formula is C18H15NO4. The summed E-state index contributed by atoms with van der Waals surface area (Å²) >= 11 is 0. The minimum absolute atomic E-state index is 0.308. The number of hydrogen-bond donors (Lipinski definition) is 0. The summed E-state index contributed by atoms with van der Waals surface area (Å²) in [6.07, 6.45) is 0. The lowest BCUT2D eigenvalue weighted by atomic mass is 10.1. The summed E-state index contributed by atoms with van der Waals surface area (Å²) in [7, 11) is 1.52. The number of rotatable bonds is 4. The molecule has 23 heavy (non-hydrogen) atoms. The smallest absolute Gasteiger partial charge is 0.349 e. The maximum atomic E-state index is 12.6. The third-order valence-corrected chi connectivity index (χ3v) is 3.39. The molecular weight excluding hydrogens is 294 g/mol. The average molecular weight is 309 g/mol. The Kier molecular flexibility index (Phi) is 4.10. The molecule has 0 aliphatic heterocycles. The fourth-order valence-electron chi connectivity index (χ4n) is 2.26. The minimum atomic E-state index is -0.535. The van der Waals surface area contributed by atoms with Crippen LogP contribution < -0.4 is 9.47 Å². The van der Waals surface area contributed by atoms with Crippen molar-refractivity contribution in [2.75, 3.05) is 7.11 Å². The Morgan fingerprint density at radius 1 is 1.00 bits per heavy atom. The van der Waals surface area contributed by atoms with Crippen molar-refractivity contribution >= 4 is 5.97 Å². The van der Waals surface area contributed by atoms with Crippen molar-refractivity contribution in [3.05, 3.63) is 65.9 Å². The van der Waals surface area contributed by atoms with E-state index in [4.69, 9.17) is 14.0 Å². The molecule has 2 aromatic carbocycles. The highest BCUT2D eigenvalue weighted by Gasteiger charge is 2.24. The first-order chi connectivity index (χ1) is 11.2. The molecule has 3 rings (SSSR count). The van der Waals surface area contributed by atoms with Gasteiger partial charge in [0.1, 0.15) is 17.0 Å². The van der Waals surface area contributed by atoms with E-state index in [0.29, 0.717) is 28.5 Å². The molecule has 0 unspecified atom stereocenters. The van der Waals surface area contributed by atoms with Crippen molar-refractivity contribution in [3.63, 3.8) is 0 Å². The van der Waals surface area contributed by atoms with Gasteiger partial charge in [0.2, 0.25) is 0 Å². The third-order valence-electron chi connectivity index (χ3n) is 3.39. The minimum Gasteiger partial charge on any atom is -0.493 e. The number of methoxy groups -OCH3 is 1. The zero-order valence-corrected chi connectivity index (χ0v) is 12.8. The van der Waals surface area contributed by atoms with Gasteiger partial charge in [-0.2, -0.15) is 0 Å². The summed E-state index contributed by atoms with van der Waals surface area (Å²) in [6.45, 7) is 1.68. The van der Waals surface area contributed by atoms with Crippen molar-refractivity contribution in [2.24, 2.45) is 0 Å². The van der Waals surface area contributed by atoms with Gasteiger partial charge in [-0.05, 0) is 19.1 Å². The molecule has 1 aromatic heterocycles. The van der Waals surface area contributed by atoms with Crippen molar-refractivity contribution in [2.45, 2.75) is 6.92 Å². The van der Waals surface area contributed by atoms with E-state index in [1.807, 2.05) is 30.3 Å². The molecule has 0 spiro atoms. The van der Waals surface area contributed by atoms with Gasteiger partial charge in [0.25, 0.3) is 0 Å². The van der Waals surface area contributed by atoms with Gasteiger partial charge in [-0.3, -0.25) is 0 Å². The van der Waals surface area contributed by atoms with E-state index in [0.717, 1.165) is 5.56 Å². The van der Waals surface area contributed by atoms with Crippen LogP contribution >= 0.6 is 0 Å². The van der Waals surface area contributed by atoms with Gasteiger partial charge in [-0.15, -0.1) is 0 Å². The number of aryl methyl sites for hydroxylation is 1. The van der Waals surface area contributed by atoms with Gasteiger partial charge in [-0.25, -0.2) is 4.79 Å². The monoisotopic (exact) mass is 309 g/mol. The van der Waals surface area contributed by atoms with Crippen LogP contribution in [0.1, 0.15) is 16.1 Å². The second-order valence-corrected chi connectivity index (χ2v) is 4.87. The molecule has 0 N–H and O–H groups in total. The van der Waals surface area contributed by atoms with Gasteiger partial charge < -0.3 is 14.0 Å². The summed E-state index contributed by atoms with van der Waals surface area (Å²) in [5, 5.41) is 3.98. The standard InChI is InChI=1S/C18H15NO4/c1-12-16(17(19-23-12)13-8-4-3-5-9-13)18(20)22-15-11-7-6-10-14(15)21-2/h3-11H,1-2H3. The van der Waals surface area contributed by atoms with Crippen molar-refractivity contribution in [1.29, 1.82) is 0 Å². The number of para-hydroxylation sites is 2. The second-order valence-electron chi connectivity index (χ2n) is 4.87. The number of esters is 1. The number of benzene rings is 2. The summed E-state index contributed by atoms with van der Waals surface area (Å²) < 4.78 is 15.8. The van der Waals surface area contributed by atoms with Crippen LogP contribution in [-0.2, 0) is 0 Å². The van der Waals surface area contributed by atoms with Crippen LogP contribution in [0.3, 0.4) is 0 Å². The molecule has 0 radical (unpaired) electrons. The molecule has 0 saturated heterocycles. The summed E-state index contributed by atoms with van der Waals surface area (Å²) in [6, 6.07) is 16.3. The zero-order chi connectivity index (χ0) is 16.2. The Labute approximate surface area is 133 Å². The normalized spacial score (nSPS) is 10.3. The Bertz CT molecular complexity index is 824. The molecule has 0 saturated carbocycles. The molecule has 0 bridgehead atoms. The van der Waals surface area contributed by atoms with E-state index in [-0.39, 0.29) is 0 Å². The molecule has 0 aliphatic carbocycles. The predicted octanol–water partition coefficient (Wildman–Crippen LogP) is 3.88. The second kappa shape index (κ2) is 6.36. The number of aromatic nitrogens is 1. The SMILES string of the molecule is COc1ccccc1OC(=O)c1c(-c2ccccc2)noc1C. The topological polar surface area (TPSA) is 61.6 Å². The van der Waals surface area contributed by atoms with Crippen LogP contribution in [0.4, 0.5) is 0 Å². The first-order valence-corrected chi connectivity index (χ1v) is 7.07. The van der Waals surface area contributed by atoms with Crippen molar-refractivity contribution < 1.29 is 18.8 Å². The van der Waals surface area contributed by atoms with Crippen LogP contribution in [0.5, 0.6) is 11.5 Å². The fourth-order valence-corrected chi connectivity index (χ4v) is 2.26. The molecule has 116 valence electrons. The number of carbonyl (C=O) groups excluding carboxylic acids is 1. The van der Waals surface area contributed by atoms with Crippen LogP contribution in [0.2, 0.25) is 0 Å². The molecule has 0 atom stereocenters. The molecule has 0 fully saturated rings. The van der Waals surface area contributed by atoms with Gasteiger partial charge in [0.05, 0.1) is 7.11 Å². The maximum absolute atomic E-state index is 12.6. The molecule has 0 aliphatic rings. The average Bonchev–Trinajstić information content (AvgIpc) is 2.98. The highest BCUT2D eigenvalue weighted by molar-refractivity contribution is 5.98. The molecule has 1 heterocycles. The van der Waals surface area contributed by atoms with Gasteiger partial charge in [-0.1, -0.05) is 47.6 Å². The number of ether oxygens (including phenoxy) is 2.